The van der Waals surface area contributed by atoms with Crippen LogP contribution in [-0.4, -0.2) is 59.8 Å². The summed E-state index contributed by atoms with van der Waals surface area (Å²) in [5, 5.41) is 0.420. The van der Waals surface area contributed by atoms with E-state index in [-0.39, 0.29) is 23.5 Å². The number of amides is 2. The van der Waals surface area contributed by atoms with Crippen LogP contribution in [0.15, 0.2) is 18.2 Å². The van der Waals surface area contributed by atoms with Crippen molar-refractivity contribution in [2.75, 3.05) is 33.9 Å². The molecule has 1 aromatic carbocycles. The average Bonchev–Trinajstić information content (AvgIpc) is 2.43. The summed E-state index contributed by atoms with van der Waals surface area (Å²) in [6, 6.07) is 5.05. The summed E-state index contributed by atoms with van der Waals surface area (Å²) < 4.78 is 0. The number of nitrogens with two attached hydrogens (primary N) is 1. The summed E-state index contributed by atoms with van der Waals surface area (Å²) in [4.78, 5) is 35.6. The van der Waals surface area contributed by atoms with Crippen LogP contribution in [0.1, 0.15) is 20.8 Å². The van der Waals surface area contributed by atoms with Gasteiger partial charge in [0.2, 0.25) is 5.95 Å². The Kier molecular flexibility index (Phi) is 3.75. The van der Waals surface area contributed by atoms with E-state index in [1.165, 1.54) is 9.80 Å². The van der Waals surface area contributed by atoms with E-state index in [1.54, 1.807) is 46.4 Å². The minimum Gasteiger partial charge on any atom is -0.368 e. The average molecular weight is 287 g/mol. The predicted molar refractivity (Wildman–Crippen MR) is 80.0 cm³/mol. The van der Waals surface area contributed by atoms with Gasteiger partial charge in [0.25, 0.3) is 11.8 Å². The maximum atomic E-state index is 12.3. The number of carbonyl (C=O) groups excluding carboxylic acids is 2. The molecule has 0 unspecified atom stereocenters. The van der Waals surface area contributed by atoms with Crippen molar-refractivity contribution in [3.05, 3.63) is 29.5 Å². The van der Waals surface area contributed by atoms with Crippen molar-refractivity contribution in [1.82, 2.24) is 19.8 Å². The fourth-order valence-corrected chi connectivity index (χ4v) is 1.99. The summed E-state index contributed by atoms with van der Waals surface area (Å²) in [7, 11) is 6.52. The lowest BCUT2D eigenvalue weighted by atomic mass is 10.0. The molecule has 0 saturated carbocycles. The zero-order valence-corrected chi connectivity index (χ0v) is 12.4. The maximum Gasteiger partial charge on any atom is 0.272 e. The lowest BCUT2D eigenvalue weighted by molar-refractivity contribution is 0.0824. The molecule has 1 aromatic heterocycles. The third kappa shape index (κ3) is 2.62. The fraction of sp³-hybridized carbons (Fsp3) is 0.286. The van der Waals surface area contributed by atoms with E-state index in [4.69, 9.17) is 5.73 Å². The number of aromatic nitrogens is 2. The summed E-state index contributed by atoms with van der Waals surface area (Å²) in [5.74, 6) is -0.544. The molecule has 0 saturated heterocycles. The lowest BCUT2D eigenvalue weighted by Gasteiger charge is -2.16. The Morgan fingerprint density at radius 3 is 2.19 bits per heavy atom. The molecular weight excluding hydrogens is 270 g/mol. The zero-order valence-electron chi connectivity index (χ0n) is 12.4. The Balaban J connectivity index is 2.84. The molecule has 0 bridgehead atoms. The van der Waals surface area contributed by atoms with E-state index >= 15 is 0 Å². The molecule has 0 aliphatic carbocycles. The first-order chi connectivity index (χ1) is 9.82. The summed E-state index contributed by atoms with van der Waals surface area (Å²) >= 11 is 0. The molecule has 0 radical (unpaired) electrons. The minimum atomic E-state index is -0.326. The van der Waals surface area contributed by atoms with Gasteiger partial charge in [0, 0.05) is 33.6 Å². The van der Waals surface area contributed by atoms with Gasteiger partial charge in [-0.2, -0.15) is 0 Å². The highest BCUT2D eigenvalue weighted by Crippen LogP contribution is 2.23. The number of fused-ring (bicyclic) bond motifs is 1. The summed E-state index contributed by atoms with van der Waals surface area (Å²) in [5.41, 5.74) is 6.64. The molecule has 2 aromatic rings. The second-order valence-electron chi connectivity index (χ2n) is 5.03. The highest BCUT2D eigenvalue weighted by molar-refractivity contribution is 6.13. The Hall–Kier alpha value is -2.70. The number of benzene rings is 1. The highest BCUT2D eigenvalue weighted by Gasteiger charge is 2.22. The highest BCUT2D eigenvalue weighted by atomic mass is 16.2. The molecule has 1 heterocycles. The molecular formula is C14H17N5O2. The van der Waals surface area contributed by atoms with Crippen LogP contribution < -0.4 is 5.73 Å². The molecule has 0 spiro atoms. The molecule has 7 heteroatoms. The predicted octanol–water partition coefficient (Wildman–Crippen LogP) is 0.616. The monoisotopic (exact) mass is 287 g/mol. The number of nitrogens with zero attached hydrogens (tertiary/aromatic N) is 4. The molecule has 2 amide bonds. The quantitative estimate of drug-likeness (QED) is 0.874. The third-order valence-electron chi connectivity index (χ3n) is 2.99. The van der Waals surface area contributed by atoms with Crippen molar-refractivity contribution in [2.24, 2.45) is 0 Å². The second-order valence-corrected chi connectivity index (χ2v) is 5.03. The van der Waals surface area contributed by atoms with Gasteiger partial charge in [0.15, 0.2) is 0 Å². The third-order valence-corrected chi connectivity index (χ3v) is 2.99. The smallest absolute Gasteiger partial charge is 0.272 e. The number of carbonyl (C=O) groups is 2. The van der Waals surface area contributed by atoms with Gasteiger partial charge in [0.05, 0.1) is 11.1 Å². The first kappa shape index (κ1) is 14.7. The second kappa shape index (κ2) is 5.35. The van der Waals surface area contributed by atoms with E-state index in [1.807, 2.05) is 0 Å². The van der Waals surface area contributed by atoms with Crippen molar-refractivity contribution in [2.45, 2.75) is 0 Å². The topological polar surface area (TPSA) is 92.4 Å². The Labute approximate surface area is 122 Å². The molecule has 0 aliphatic rings. The number of anilines is 1. The van der Waals surface area contributed by atoms with Crippen LogP contribution in [0.5, 0.6) is 0 Å². The van der Waals surface area contributed by atoms with Gasteiger partial charge in [-0.3, -0.25) is 9.59 Å². The molecule has 2 N–H and O–H groups in total. The Morgan fingerprint density at radius 1 is 1.00 bits per heavy atom. The SMILES string of the molecule is CN(C)C(=O)c1cccc2nc(N)nc(C(=O)N(C)C)c12. The molecule has 0 aliphatic heterocycles. The van der Waals surface area contributed by atoms with E-state index < -0.39 is 0 Å². The van der Waals surface area contributed by atoms with Gasteiger partial charge in [-0.1, -0.05) is 6.07 Å². The van der Waals surface area contributed by atoms with Crippen LogP contribution in [0.2, 0.25) is 0 Å². The first-order valence-corrected chi connectivity index (χ1v) is 6.32. The first-order valence-electron chi connectivity index (χ1n) is 6.32. The summed E-state index contributed by atoms with van der Waals surface area (Å²) in [6.07, 6.45) is 0. The normalized spacial score (nSPS) is 10.5. The van der Waals surface area contributed by atoms with Crippen LogP contribution in [0.25, 0.3) is 10.9 Å². The Bertz CT molecular complexity index is 725. The van der Waals surface area contributed by atoms with Gasteiger partial charge < -0.3 is 15.5 Å². The van der Waals surface area contributed by atoms with E-state index in [0.717, 1.165) is 0 Å². The number of hydrogen-bond donors (Lipinski definition) is 1. The minimum absolute atomic E-state index is 0.00199. The number of hydrogen-bond acceptors (Lipinski definition) is 5. The molecule has 110 valence electrons. The zero-order chi connectivity index (χ0) is 15.7. The van der Waals surface area contributed by atoms with Crippen molar-refractivity contribution < 1.29 is 9.59 Å². The van der Waals surface area contributed by atoms with Crippen LogP contribution in [0.4, 0.5) is 5.95 Å². The molecule has 0 fully saturated rings. The van der Waals surface area contributed by atoms with Crippen LogP contribution >= 0.6 is 0 Å². The maximum absolute atomic E-state index is 12.3. The van der Waals surface area contributed by atoms with Gasteiger partial charge in [-0.15, -0.1) is 0 Å². The van der Waals surface area contributed by atoms with Crippen LogP contribution in [0, 0.1) is 0 Å². The molecule has 2 rings (SSSR count). The van der Waals surface area contributed by atoms with Gasteiger partial charge >= 0.3 is 0 Å². The van der Waals surface area contributed by atoms with Crippen molar-refractivity contribution in [3.63, 3.8) is 0 Å². The Morgan fingerprint density at radius 2 is 1.62 bits per heavy atom. The van der Waals surface area contributed by atoms with E-state index in [0.29, 0.717) is 16.5 Å². The lowest BCUT2D eigenvalue weighted by Crippen LogP contribution is -2.26. The van der Waals surface area contributed by atoms with Crippen molar-refractivity contribution in [1.29, 1.82) is 0 Å². The van der Waals surface area contributed by atoms with Gasteiger partial charge in [-0.25, -0.2) is 9.97 Å². The largest absolute Gasteiger partial charge is 0.368 e. The van der Waals surface area contributed by atoms with E-state index in [9.17, 15) is 9.59 Å². The summed E-state index contributed by atoms with van der Waals surface area (Å²) in [6.45, 7) is 0. The van der Waals surface area contributed by atoms with Crippen LogP contribution in [-0.2, 0) is 0 Å². The van der Waals surface area contributed by atoms with Crippen molar-refractivity contribution in [3.8, 4) is 0 Å². The molecule has 7 nitrogen and oxygen atoms in total. The van der Waals surface area contributed by atoms with Crippen molar-refractivity contribution >= 4 is 28.7 Å². The van der Waals surface area contributed by atoms with E-state index in [2.05, 4.69) is 9.97 Å². The molecule has 21 heavy (non-hydrogen) atoms. The van der Waals surface area contributed by atoms with Crippen LogP contribution in [0.3, 0.4) is 0 Å². The standard InChI is InChI=1S/C14H17N5O2/c1-18(2)12(20)8-6-5-7-9-10(8)11(13(21)19(3)4)17-14(15)16-9/h5-7H,1-4H3,(H2,15,16,17). The van der Waals surface area contributed by atoms with Gasteiger partial charge in [-0.05, 0) is 12.1 Å². The van der Waals surface area contributed by atoms with Gasteiger partial charge in [0.1, 0.15) is 5.69 Å². The number of rotatable bonds is 2. The molecule has 0 atom stereocenters. The fourth-order valence-electron chi connectivity index (χ4n) is 1.99. The number of nitrogen functional groups attached to an aromatic ring is 1.